The molecule has 1 aliphatic carbocycles. The van der Waals surface area contributed by atoms with Gasteiger partial charge in [-0.3, -0.25) is 0 Å². The normalized spacial score (nSPS) is 15.2. The number of allylic oxidation sites excluding steroid dienone is 3. The van der Waals surface area contributed by atoms with Crippen LogP contribution in [-0.4, -0.2) is 29.8 Å². The quantitative estimate of drug-likeness (QED) is 0.809. The van der Waals surface area contributed by atoms with Gasteiger partial charge in [-0.05, 0) is 53.0 Å². The van der Waals surface area contributed by atoms with E-state index in [0.29, 0.717) is 0 Å². The smallest absolute Gasteiger partial charge is 0.408 e. The number of hydrogen-bond donors (Lipinski definition) is 1. The van der Waals surface area contributed by atoms with E-state index < -0.39 is 23.2 Å². The molecule has 0 unspecified atom stereocenters. The summed E-state index contributed by atoms with van der Waals surface area (Å²) in [4.78, 5) is 23.8. The lowest BCUT2D eigenvalue weighted by atomic mass is 10.1. The maximum atomic E-state index is 12.0. The molecule has 1 rings (SSSR count). The number of nitrogens with one attached hydrogen (secondary N) is 1. The fourth-order valence-electron chi connectivity index (χ4n) is 1.68. The maximum absolute atomic E-state index is 12.0. The van der Waals surface area contributed by atoms with Crippen molar-refractivity contribution in [1.29, 1.82) is 0 Å². The van der Waals surface area contributed by atoms with E-state index in [9.17, 15) is 9.59 Å². The Bertz CT molecular complexity index is 455. The van der Waals surface area contributed by atoms with Crippen LogP contribution in [0.1, 0.15) is 47.5 Å². The Morgan fingerprint density at radius 1 is 1.24 bits per heavy atom. The van der Waals surface area contributed by atoms with E-state index in [2.05, 4.69) is 11.4 Å². The summed E-state index contributed by atoms with van der Waals surface area (Å²) >= 11 is 0. The molecule has 21 heavy (non-hydrogen) atoms. The Hall–Kier alpha value is -1.78. The highest BCUT2D eigenvalue weighted by Gasteiger charge is 2.34. The molecule has 0 bridgehead atoms. The third-order valence-electron chi connectivity index (χ3n) is 2.81. The van der Waals surface area contributed by atoms with Crippen LogP contribution in [0, 0.1) is 0 Å². The molecule has 0 spiro atoms. The summed E-state index contributed by atoms with van der Waals surface area (Å²) in [6.07, 6.45) is 7.18. The Labute approximate surface area is 126 Å². The Morgan fingerprint density at radius 3 is 2.43 bits per heavy atom. The fraction of sp³-hybridized carbons (Fsp3) is 0.625. The molecule has 5 heteroatoms. The maximum Gasteiger partial charge on any atom is 0.408 e. The van der Waals surface area contributed by atoms with Gasteiger partial charge >= 0.3 is 12.1 Å². The van der Waals surface area contributed by atoms with E-state index in [1.54, 1.807) is 34.6 Å². The van der Waals surface area contributed by atoms with E-state index in [-0.39, 0.29) is 6.61 Å². The van der Waals surface area contributed by atoms with E-state index in [1.807, 2.05) is 12.2 Å². The molecule has 5 nitrogen and oxygen atoms in total. The van der Waals surface area contributed by atoms with Gasteiger partial charge in [-0.15, -0.1) is 0 Å². The molecule has 0 aliphatic heterocycles. The lowest BCUT2D eigenvalue weighted by Gasteiger charge is -2.28. The number of rotatable bonds is 4. The summed E-state index contributed by atoms with van der Waals surface area (Å²) in [6, 6.07) is 0. The minimum absolute atomic E-state index is 0.237. The van der Waals surface area contributed by atoms with E-state index in [4.69, 9.17) is 9.47 Å². The van der Waals surface area contributed by atoms with Crippen LogP contribution in [0.4, 0.5) is 4.79 Å². The summed E-state index contributed by atoms with van der Waals surface area (Å²) in [6.45, 7) is 8.75. The molecule has 0 fully saturated rings. The van der Waals surface area contributed by atoms with E-state index in [1.165, 1.54) is 0 Å². The molecule has 0 aromatic rings. The van der Waals surface area contributed by atoms with Crippen molar-refractivity contribution in [1.82, 2.24) is 5.32 Å². The molecule has 1 aliphatic rings. The van der Waals surface area contributed by atoms with Crippen LogP contribution in [0.25, 0.3) is 0 Å². The molecule has 0 saturated heterocycles. The molecule has 1 amide bonds. The zero-order chi connectivity index (χ0) is 16.1. The van der Waals surface area contributed by atoms with Crippen molar-refractivity contribution in [3.8, 4) is 0 Å². The van der Waals surface area contributed by atoms with Gasteiger partial charge in [-0.25, -0.2) is 9.59 Å². The molecule has 1 N–H and O–H groups in total. The molecule has 0 atom stereocenters. The molecule has 0 aromatic carbocycles. The van der Waals surface area contributed by atoms with Crippen LogP contribution in [0.2, 0.25) is 0 Å². The summed E-state index contributed by atoms with van der Waals surface area (Å²) in [7, 11) is 0. The number of carbonyl (C=O) groups is 2. The topological polar surface area (TPSA) is 64.6 Å². The lowest BCUT2D eigenvalue weighted by Crippen LogP contribution is -2.52. The van der Waals surface area contributed by atoms with Gasteiger partial charge in [0.1, 0.15) is 17.7 Å². The van der Waals surface area contributed by atoms with Gasteiger partial charge in [0.15, 0.2) is 0 Å². The van der Waals surface area contributed by atoms with Crippen LogP contribution in [0.15, 0.2) is 23.8 Å². The minimum Gasteiger partial charge on any atom is -0.458 e. The molecule has 0 radical (unpaired) electrons. The first kappa shape index (κ1) is 17.3. The SMILES string of the molecule is CC(C)(C)OC(=O)C(C)(C)NC(=O)OCC1=CC=CCC1. The molecule has 0 aromatic heterocycles. The molecular weight excluding hydrogens is 270 g/mol. The van der Waals surface area contributed by atoms with E-state index in [0.717, 1.165) is 18.4 Å². The second-order valence-corrected chi connectivity index (χ2v) is 6.62. The van der Waals surface area contributed by atoms with E-state index >= 15 is 0 Å². The van der Waals surface area contributed by atoms with Gasteiger partial charge in [0.2, 0.25) is 0 Å². The first-order valence-electron chi connectivity index (χ1n) is 7.13. The number of ether oxygens (including phenoxy) is 2. The predicted molar refractivity (Wildman–Crippen MR) is 80.9 cm³/mol. The lowest BCUT2D eigenvalue weighted by molar-refractivity contribution is -0.161. The minimum atomic E-state index is -1.13. The number of esters is 1. The Kier molecular flexibility index (Phi) is 5.58. The zero-order valence-electron chi connectivity index (χ0n) is 13.5. The van der Waals surface area contributed by atoms with Crippen molar-refractivity contribution in [3.05, 3.63) is 23.8 Å². The van der Waals surface area contributed by atoms with Crippen molar-refractivity contribution in [2.24, 2.45) is 0 Å². The Morgan fingerprint density at radius 2 is 1.90 bits per heavy atom. The standard InChI is InChI=1S/C16H25NO4/c1-15(2,3)21-13(18)16(4,5)17-14(19)20-11-12-9-7-6-8-10-12/h6-7,9H,8,10-11H2,1-5H3,(H,17,19). The number of alkyl carbamates (subject to hydrolysis) is 1. The van der Waals surface area contributed by atoms with Crippen LogP contribution in [0.3, 0.4) is 0 Å². The van der Waals surface area contributed by atoms with Gasteiger partial charge < -0.3 is 14.8 Å². The monoisotopic (exact) mass is 295 g/mol. The van der Waals surface area contributed by atoms with Crippen LogP contribution in [0.5, 0.6) is 0 Å². The largest absolute Gasteiger partial charge is 0.458 e. The summed E-state index contributed by atoms with van der Waals surface area (Å²) in [5, 5.41) is 2.54. The van der Waals surface area contributed by atoms with Gasteiger partial charge in [-0.2, -0.15) is 0 Å². The highest BCUT2D eigenvalue weighted by atomic mass is 16.6. The van der Waals surface area contributed by atoms with Crippen LogP contribution < -0.4 is 5.32 Å². The van der Waals surface area contributed by atoms with Crippen molar-refractivity contribution >= 4 is 12.1 Å². The third-order valence-corrected chi connectivity index (χ3v) is 2.81. The van der Waals surface area contributed by atoms with Gasteiger partial charge in [0, 0.05) is 0 Å². The van der Waals surface area contributed by atoms with Gasteiger partial charge in [-0.1, -0.05) is 18.2 Å². The molecular formula is C16H25NO4. The first-order valence-corrected chi connectivity index (χ1v) is 7.13. The number of carbonyl (C=O) groups excluding carboxylic acids is 2. The third kappa shape index (κ3) is 6.47. The summed E-state index contributed by atoms with van der Waals surface area (Å²) < 4.78 is 10.4. The number of hydrogen-bond acceptors (Lipinski definition) is 4. The molecule has 0 heterocycles. The first-order chi connectivity index (χ1) is 9.60. The second-order valence-electron chi connectivity index (χ2n) is 6.62. The summed E-state index contributed by atoms with van der Waals surface area (Å²) in [5.41, 5.74) is -0.674. The fourth-order valence-corrected chi connectivity index (χ4v) is 1.68. The molecule has 118 valence electrons. The average molecular weight is 295 g/mol. The highest BCUT2D eigenvalue weighted by molar-refractivity contribution is 5.85. The summed E-state index contributed by atoms with van der Waals surface area (Å²) in [5.74, 6) is -0.494. The van der Waals surface area contributed by atoms with Crippen molar-refractivity contribution in [2.45, 2.75) is 58.6 Å². The molecule has 0 saturated carbocycles. The Balaban J connectivity index is 2.46. The van der Waals surface area contributed by atoms with Crippen LogP contribution in [-0.2, 0) is 14.3 Å². The van der Waals surface area contributed by atoms with Crippen LogP contribution >= 0.6 is 0 Å². The van der Waals surface area contributed by atoms with Crippen molar-refractivity contribution in [3.63, 3.8) is 0 Å². The zero-order valence-corrected chi connectivity index (χ0v) is 13.5. The average Bonchev–Trinajstić information content (AvgIpc) is 2.35. The van der Waals surface area contributed by atoms with Gasteiger partial charge in [0.05, 0.1) is 0 Å². The van der Waals surface area contributed by atoms with Gasteiger partial charge in [0.25, 0.3) is 0 Å². The predicted octanol–water partition coefficient (Wildman–Crippen LogP) is 3.11. The van der Waals surface area contributed by atoms with Crippen molar-refractivity contribution < 1.29 is 19.1 Å². The number of amides is 1. The van der Waals surface area contributed by atoms with Crippen molar-refractivity contribution in [2.75, 3.05) is 6.61 Å². The second kappa shape index (κ2) is 6.78. The highest BCUT2D eigenvalue weighted by Crippen LogP contribution is 2.15.